The van der Waals surface area contributed by atoms with Gasteiger partial charge in [0.15, 0.2) is 23.0 Å². The summed E-state index contributed by atoms with van der Waals surface area (Å²) in [5.41, 5.74) is 4.94. The highest BCUT2D eigenvalue weighted by Gasteiger charge is 2.03. The maximum atomic E-state index is 9.69. The average molecular weight is 377 g/mol. The van der Waals surface area contributed by atoms with Crippen LogP contribution in [0.3, 0.4) is 0 Å². The molecular formula is C23H23NO4. The van der Waals surface area contributed by atoms with Gasteiger partial charge in [0.05, 0.1) is 14.2 Å². The van der Waals surface area contributed by atoms with Crippen molar-refractivity contribution in [1.82, 2.24) is 4.98 Å². The molecule has 0 saturated carbocycles. The molecule has 0 atom stereocenters. The van der Waals surface area contributed by atoms with Gasteiger partial charge in [-0.15, -0.1) is 0 Å². The second-order valence-electron chi connectivity index (χ2n) is 6.33. The largest absolute Gasteiger partial charge is 0.504 e. The molecule has 5 heteroatoms. The molecule has 0 aliphatic heterocycles. The minimum absolute atomic E-state index is 0.119. The number of phenolic OH excluding ortho intramolecular Hbond substituents is 2. The highest BCUT2D eigenvalue weighted by molar-refractivity contribution is 5.75. The van der Waals surface area contributed by atoms with Crippen LogP contribution in [-0.4, -0.2) is 29.4 Å². The maximum absolute atomic E-state index is 9.69. The van der Waals surface area contributed by atoms with Gasteiger partial charge in [-0.2, -0.15) is 0 Å². The van der Waals surface area contributed by atoms with Gasteiger partial charge in [-0.05, 0) is 60.0 Å². The predicted octanol–water partition coefficient (Wildman–Crippen LogP) is 5.09. The maximum Gasteiger partial charge on any atom is 0.161 e. The molecule has 3 rings (SSSR count). The van der Waals surface area contributed by atoms with Gasteiger partial charge in [-0.25, -0.2) is 0 Å². The smallest absolute Gasteiger partial charge is 0.161 e. The van der Waals surface area contributed by atoms with E-state index in [4.69, 9.17) is 9.47 Å². The average Bonchev–Trinajstić information content (AvgIpc) is 3.06. The molecule has 0 saturated heterocycles. The first-order valence-electron chi connectivity index (χ1n) is 8.80. The number of H-pyrrole nitrogens is 1. The first-order chi connectivity index (χ1) is 13.5. The van der Waals surface area contributed by atoms with Gasteiger partial charge in [0.25, 0.3) is 0 Å². The van der Waals surface area contributed by atoms with Gasteiger partial charge in [-0.3, -0.25) is 0 Å². The highest BCUT2D eigenvalue weighted by atomic mass is 16.5. The number of benzene rings is 2. The van der Waals surface area contributed by atoms with Crippen LogP contribution in [0.2, 0.25) is 0 Å². The van der Waals surface area contributed by atoms with Crippen molar-refractivity contribution in [3.8, 4) is 23.0 Å². The number of aromatic nitrogens is 1. The van der Waals surface area contributed by atoms with Crippen LogP contribution >= 0.6 is 0 Å². The molecule has 5 nitrogen and oxygen atoms in total. The number of aromatic amines is 1. The fourth-order valence-corrected chi connectivity index (χ4v) is 2.83. The summed E-state index contributed by atoms with van der Waals surface area (Å²) >= 11 is 0. The Morgan fingerprint density at radius 3 is 1.82 bits per heavy atom. The molecule has 3 N–H and O–H groups in total. The lowest BCUT2D eigenvalue weighted by Gasteiger charge is -2.03. The van der Waals surface area contributed by atoms with E-state index in [2.05, 4.69) is 11.1 Å². The van der Waals surface area contributed by atoms with Gasteiger partial charge >= 0.3 is 0 Å². The van der Waals surface area contributed by atoms with Crippen LogP contribution in [0.1, 0.15) is 28.1 Å². The van der Waals surface area contributed by atoms with E-state index in [0.29, 0.717) is 11.5 Å². The quantitative estimate of drug-likeness (QED) is 0.559. The molecule has 0 bridgehead atoms. The lowest BCUT2D eigenvalue weighted by molar-refractivity contribution is 0.373. The summed E-state index contributed by atoms with van der Waals surface area (Å²) in [7, 11) is 3.06. The Kier molecular flexibility index (Phi) is 5.75. The number of hydrogen-bond donors (Lipinski definition) is 3. The Balaban J connectivity index is 1.77. The minimum atomic E-state index is 0.119. The first kappa shape index (κ1) is 19.2. The van der Waals surface area contributed by atoms with Crippen LogP contribution in [-0.2, 0) is 0 Å². The number of aryl methyl sites for hydroxylation is 1. The van der Waals surface area contributed by atoms with E-state index in [9.17, 15) is 10.2 Å². The van der Waals surface area contributed by atoms with E-state index in [1.807, 2.05) is 43.4 Å². The minimum Gasteiger partial charge on any atom is -0.504 e. The van der Waals surface area contributed by atoms with Gasteiger partial charge in [-0.1, -0.05) is 30.4 Å². The molecule has 0 amide bonds. The fourth-order valence-electron chi connectivity index (χ4n) is 2.83. The van der Waals surface area contributed by atoms with Crippen LogP contribution in [0.4, 0.5) is 0 Å². The van der Waals surface area contributed by atoms with Crippen molar-refractivity contribution in [2.24, 2.45) is 0 Å². The van der Waals surface area contributed by atoms with Crippen LogP contribution < -0.4 is 9.47 Å². The number of rotatable bonds is 6. The van der Waals surface area contributed by atoms with E-state index >= 15 is 0 Å². The fraction of sp³-hybridized carbons (Fsp3) is 0.130. The number of hydrogen-bond acceptors (Lipinski definition) is 4. The summed E-state index contributed by atoms with van der Waals surface area (Å²) in [6.45, 7) is 2.01. The predicted molar refractivity (Wildman–Crippen MR) is 113 cm³/mol. The van der Waals surface area contributed by atoms with E-state index in [-0.39, 0.29) is 11.5 Å². The molecule has 2 aromatic carbocycles. The lowest BCUT2D eigenvalue weighted by atomic mass is 10.1. The molecule has 0 fully saturated rings. The lowest BCUT2D eigenvalue weighted by Crippen LogP contribution is -1.84. The van der Waals surface area contributed by atoms with Crippen molar-refractivity contribution in [3.05, 3.63) is 70.5 Å². The Labute approximate surface area is 164 Å². The normalized spacial score (nSPS) is 11.4. The molecule has 0 spiro atoms. The summed E-state index contributed by atoms with van der Waals surface area (Å²) in [6, 6.07) is 12.5. The summed E-state index contributed by atoms with van der Waals surface area (Å²) in [5, 5.41) is 19.4. The summed E-state index contributed by atoms with van der Waals surface area (Å²) in [6.07, 6.45) is 7.90. The zero-order chi connectivity index (χ0) is 20.1. The van der Waals surface area contributed by atoms with E-state index in [0.717, 1.165) is 28.1 Å². The molecule has 144 valence electrons. The van der Waals surface area contributed by atoms with Gasteiger partial charge in [0.1, 0.15) is 0 Å². The van der Waals surface area contributed by atoms with Crippen LogP contribution in [0.15, 0.2) is 42.5 Å². The number of ether oxygens (including phenoxy) is 2. The number of methoxy groups -OCH3 is 2. The molecule has 0 unspecified atom stereocenters. The monoisotopic (exact) mass is 377 g/mol. The zero-order valence-electron chi connectivity index (χ0n) is 16.1. The topological polar surface area (TPSA) is 74.7 Å². The molecule has 1 aromatic heterocycles. The van der Waals surface area contributed by atoms with Crippen molar-refractivity contribution < 1.29 is 19.7 Å². The molecule has 0 radical (unpaired) electrons. The molecule has 1 heterocycles. The van der Waals surface area contributed by atoms with Crippen LogP contribution in [0.25, 0.3) is 24.3 Å². The molecule has 0 aliphatic rings. The van der Waals surface area contributed by atoms with E-state index in [1.165, 1.54) is 14.2 Å². The molecule has 28 heavy (non-hydrogen) atoms. The highest BCUT2D eigenvalue weighted by Crippen LogP contribution is 2.28. The Bertz CT molecular complexity index is 1030. The summed E-state index contributed by atoms with van der Waals surface area (Å²) in [5.74, 6) is 1.13. The van der Waals surface area contributed by atoms with Crippen LogP contribution in [0, 0.1) is 6.92 Å². The summed E-state index contributed by atoms with van der Waals surface area (Å²) in [4.78, 5) is 3.34. The van der Waals surface area contributed by atoms with Gasteiger partial charge in [0.2, 0.25) is 0 Å². The van der Waals surface area contributed by atoms with Crippen LogP contribution in [0.5, 0.6) is 23.0 Å². The Morgan fingerprint density at radius 2 is 1.29 bits per heavy atom. The standard InChI is InChI=1S/C23H23NO4/c1-15-18(8-4-16-6-10-20(25)22(12-16)27-2)14-19(24-15)9-5-17-7-11-21(26)23(13-17)28-3/h4-14,24-26H,1-3H3/b8-4+,9-5+. The second-order valence-corrected chi connectivity index (χ2v) is 6.33. The Morgan fingerprint density at radius 1 is 0.750 bits per heavy atom. The molecule has 3 aromatic rings. The van der Waals surface area contributed by atoms with Crippen molar-refractivity contribution in [3.63, 3.8) is 0 Å². The zero-order valence-corrected chi connectivity index (χ0v) is 16.1. The number of phenols is 2. The van der Waals surface area contributed by atoms with E-state index in [1.54, 1.807) is 24.3 Å². The van der Waals surface area contributed by atoms with Gasteiger partial charge in [0, 0.05) is 11.4 Å². The van der Waals surface area contributed by atoms with Gasteiger partial charge < -0.3 is 24.7 Å². The summed E-state index contributed by atoms with van der Waals surface area (Å²) < 4.78 is 10.3. The molecular weight excluding hydrogens is 354 g/mol. The third kappa shape index (κ3) is 4.38. The Hall–Kier alpha value is -3.60. The third-order valence-corrected chi connectivity index (χ3v) is 4.39. The van der Waals surface area contributed by atoms with E-state index < -0.39 is 0 Å². The second kappa shape index (κ2) is 8.39. The van der Waals surface area contributed by atoms with Crippen molar-refractivity contribution in [2.75, 3.05) is 14.2 Å². The number of nitrogens with one attached hydrogen (secondary N) is 1. The SMILES string of the molecule is COc1cc(/C=C/c2cc(/C=C/c3ccc(O)c(OC)c3)c(C)[nH]2)ccc1O. The first-order valence-corrected chi connectivity index (χ1v) is 8.80. The third-order valence-electron chi connectivity index (χ3n) is 4.39. The van der Waals surface area contributed by atoms with Crippen molar-refractivity contribution >= 4 is 24.3 Å². The van der Waals surface area contributed by atoms with Crippen molar-refractivity contribution in [2.45, 2.75) is 6.92 Å². The molecule has 0 aliphatic carbocycles. The van der Waals surface area contributed by atoms with Crippen molar-refractivity contribution in [1.29, 1.82) is 0 Å². The number of aromatic hydroxyl groups is 2.